The topological polar surface area (TPSA) is 72.8 Å². The minimum Gasteiger partial charge on any atom is -0.318 e. The van der Waals surface area contributed by atoms with E-state index in [-0.39, 0.29) is 17.6 Å². The monoisotopic (exact) mass is 285 g/mol. The van der Waals surface area contributed by atoms with Gasteiger partial charge in [0.1, 0.15) is 4.21 Å². The molecule has 1 aromatic heterocycles. The van der Waals surface area contributed by atoms with Crippen LogP contribution in [0.5, 0.6) is 0 Å². The summed E-state index contributed by atoms with van der Waals surface area (Å²) in [7, 11) is -3.18. The molecule has 2 aliphatic rings. The first kappa shape index (κ1) is 11.9. The Bertz CT molecular complexity index is 625. The quantitative estimate of drug-likeness (QED) is 0.611. The van der Waals surface area contributed by atoms with Gasteiger partial charge in [0.2, 0.25) is 0 Å². The van der Waals surface area contributed by atoms with Crippen LogP contribution in [-0.4, -0.2) is 25.9 Å². The molecule has 0 spiro atoms. The fourth-order valence-electron chi connectivity index (χ4n) is 1.80. The number of carbonyl (C=O) groups is 1. The molecule has 3 rings (SSSR count). The van der Waals surface area contributed by atoms with Crippen LogP contribution in [0.25, 0.3) is 0 Å². The summed E-state index contributed by atoms with van der Waals surface area (Å²) in [4.78, 5) is 16.2. The van der Waals surface area contributed by atoms with E-state index in [0.29, 0.717) is 21.9 Å². The van der Waals surface area contributed by atoms with Gasteiger partial charge in [-0.15, -0.1) is 11.3 Å². The summed E-state index contributed by atoms with van der Waals surface area (Å²) in [5.74, 6) is -0.295. The smallest absolute Gasteiger partial charge is 0.318 e. The summed E-state index contributed by atoms with van der Waals surface area (Å²) in [6, 6.07) is 1.71. The molecule has 1 aliphatic carbocycles. The average Bonchev–Trinajstić information content (AvgIpc) is 3.05. The zero-order chi connectivity index (χ0) is 12.8. The summed E-state index contributed by atoms with van der Waals surface area (Å²) in [5, 5.41) is 5.55. The van der Waals surface area contributed by atoms with Gasteiger partial charge in [-0.2, -0.15) is 0 Å². The molecular formula is C11H11NO4S2. The number of nitrogens with zero attached hydrogens (tertiary/aromatic N) is 1. The predicted octanol–water partition coefficient (Wildman–Crippen LogP) is 1.58. The van der Waals surface area contributed by atoms with E-state index in [1.807, 2.05) is 0 Å². The van der Waals surface area contributed by atoms with E-state index in [2.05, 4.69) is 5.16 Å². The molecule has 18 heavy (non-hydrogen) atoms. The SMILES string of the molecule is O=C(O/N=C1\CCS(=O)(=O)c2sccc21)C1CC1. The maximum absolute atomic E-state index is 11.8. The third-order valence-electron chi connectivity index (χ3n) is 2.99. The predicted molar refractivity (Wildman–Crippen MR) is 66.3 cm³/mol. The number of carbonyl (C=O) groups excluding carboxylic acids is 1. The number of hydrogen-bond acceptors (Lipinski definition) is 6. The van der Waals surface area contributed by atoms with Crippen molar-refractivity contribution in [3.8, 4) is 0 Å². The molecule has 7 heteroatoms. The summed E-state index contributed by atoms with van der Waals surface area (Å²) >= 11 is 1.18. The van der Waals surface area contributed by atoms with Gasteiger partial charge in [0.05, 0.1) is 17.4 Å². The highest BCUT2D eigenvalue weighted by molar-refractivity contribution is 7.93. The van der Waals surface area contributed by atoms with E-state index in [0.717, 1.165) is 12.8 Å². The van der Waals surface area contributed by atoms with Crippen molar-refractivity contribution in [2.75, 3.05) is 5.75 Å². The van der Waals surface area contributed by atoms with E-state index in [1.54, 1.807) is 11.4 Å². The lowest BCUT2D eigenvalue weighted by Gasteiger charge is -2.13. The Balaban J connectivity index is 1.86. The molecule has 0 atom stereocenters. The Morgan fingerprint density at radius 1 is 1.44 bits per heavy atom. The fraction of sp³-hybridized carbons (Fsp3) is 0.455. The zero-order valence-electron chi connectivity index (χ0n) is 9.46. The molecule has 1 saturated carbocycles. The molecule has 0 N–H and O–H groups in total. The summed E-state index contributed by atoms with van der Waals surface area (Å²) < 4.78 is 23.9. The van der Waals surface area contributed by atoms with Crippen molar-refractivity contribution >= 4 is 32.9 Å². The van der Waals surface area contributed by atoms with Crippen molar-refractivity contribution in [3.05, 3.63) is 17.0 Å². The number of oxime groups is 1. The van der Waals surface area contributed by atoms with Crippen molar-refractivity contribution in [2.45, 2.75) is 23.5 Å². The van der Waals surface area contributed by atoms with Gasteiger partial charge in [0.25, 0.3) is 0 Å². The minimum absolute atomic E-state index is 0.0105. The number of sulfone groups is 1. The Labute approximate surface area is 108 Å². The first-order chi connectivity index (χ1) is 8.58. The van der Waals surface area contributed by atoms with Gasteiger partial charge in [-0.25, -0.2) is 13.2 Å². The molecule has 96 valence electrons. The molecule has 0 aromatic carbocycles. The van der Waals surface area contributed by atoms with Gasteiger partial charge in [-0.05, 0) is 24.3 Å². The second-order valence-electron chi connectivity index (χ2n) is 4.41. The molecule has 0 unspecified atom stereocenters. The van der Waals surface area contributed by atoms with E-state index >= 15 is 0 Å². The van der Waals surface area contributed by atoms with Crippen LogP contribution in [0, 0.1) is 5.92 Å². The van der Waals surface area contributed by atoms with Crippen LogP contribution in [-0.2, 0) is 19.5 Å². The molecule has 0 amide bonds. The molecule has 5 nitrogen and oxygen atoms in total. The van der Waals surface area contributed by atoms with Crippen molar-refractivity contribution in [1.82, 2.24) is 0 Å². The number of fused-ring (bicyclic) bond motifs is 1. The molecule has 0 bridgehead atoms. The molecule has 2 heterocycles. The maximum atomic E-state index is 11.8. The Morgan fingerprint density at radius 3 is 2.94 bits per heavy atom. The second-order valence-corrected chi connectivity index (χ2v) is 7.63. The molecule has 1 fully saturated rings. The summed E-state index contributed by atoms with van der Waals surface area (Å²) in [6.45, 7) is 0. The van der Waals surface area contributed by atoms with Gasteiger partial charge < -0.3 is 4.84 Å². The minimum atomic E-state index is -3.18. The lowest BCUT2D eigenvalue weighted by molar-refractivity contribution is -0.145. The first-order valence-electron chi connectivity index (χ1n) is 5.66. The molecule has 1 aromatic rings. The average molecular weight is 285 g/mol. The van der Waals surface area contributed by atoms with Crippen molar-refractivity contribution in [2.24, 2.45) is 11.1 Å². The standard InChI is InChI=1S/C11H11NO4S2/c13-10(7-1-2-7)16-12-9-4-6-18(14,15)11-8(9)3-5-17-11/h3,5,7H,1-2,4,6H2/b12-9+. The van der Waals surface area contributed by atoms with Crippen LogP contribution in [0.2, 0.25) is 0 Å². The van der Waals surface area contributed by atoms with Crippen LogP contribution >= 0.6 is 11.3 Å². The van der Waals surface area contributed by atoms with Crippen LogP contribution in [0.3, 0.4) is 0 Å². The van der Waals surface area contributed by atoms with Crippen molar-refractivity contribution < 1.29 is 18.0 Å². The van der Waals surface area contributed by atoms with Crippen LogP contribution < -0.4 is 0 Å². The molecular weight excluding hydrogens is 274 g/mol. The highest BCUT2D eigenvalue weighted by Gasteiger charge is 2.33. The normalized spacial score (nSPS) is 23.7. The first-order valence-corrected chi connectivity index (χ1v) is 8.19. The van der Waals surface area contributed by atoms with Gasteiger partial charge in [-0.3, -0.25) is 0 Å². The van der Waals surface area contributed by atoms with Crippen LogP contribution in [0.15, 0.2) is 20.8 Å². The highest BCUT2D eigenvalue weighted by Crippen LogP contribution is 2.32. The van der Waals surface area contributed by atoms with E-state index in [1.165, 1.54) is 11.3 Å². The van der Waals surface area contributed by atoms with Gasteiger partial charge in [0, 0.05) is 12.0 Å². The third-order valence-corrected chi connectivity index (χ3v) is 6.27. The third kappa shape index (κ3) is 2.08. The van der Waals surface area contributed by atoms with Gasteiger partial charge >= 0.3 is 5.97 Å². The maximum Gasteiger partial charge on any atom is 0.338 e. The van der Waals surface area contributed by atoms with E-state index in [9.17, 15) is 13.2 Å². The largest absolute Gasteiger partial charge is 0.338 e. The van der Waals surface area contributed by atoms with Crippen molar-refractivity contribution in [1.29, 1.82) is 0 Å². The molecule has 0 saturated heterocycles. The van der Waals surface area contributed by atoms with Gasteiger partial charge in [0.15, 0.2) is 9.84 Å². The zero-order valence-corrected chi connectivity index (χ0v) is 11.1. The van der Waals surface area contributed by atoms with Gasteiger partial charge in [-0.1, -0.05) is 5.16 Å². The Kier molecular flexibility index (Phi) is 2.74. The van der Waals surface area contributed by atoms with E-state index < -0.39 is 9.84 Å². The summed E-state index contributed by atoms with van der Waals surface area (Å²) in [5.41, 5.74) is 1.13. The number of hydrogen-bond donors (Lipinski definition) is 0. The Hall–Kier alpha value is -1.21. The lowest BCUT2D eigenvalue weighted by Crippen LogP contribution is -2.20. The molecule has 1 aliphatic heterocycles. The Morgan fingerprint density at radius 2 is 2.22 bits per heavy atom. The van der Waals surface area contributed by atoms with Crippen LogP contribution in [0.1, 0.15) is 24.8 Å². The molecule has 0 radical (unpaired) electrons. The van der Waals surface area contributed by atoms with Crippen LogP contribution in [0.4, 0.5) is 0 Å². The highest BCUT2D eigenvalue weighted by atomic mass is 32.2. The fourth-order valence-corrected chi connectivity index (χ4v) is 4.61. The number of thiophene rings is 1. The number of rotatable bonds is 2. The lowest BCUT2D eigenvalue weighted by atomic mass is 10.1. The second kappa shape index (κ2) is 4.17. The van der Waals surface area contributed by atoms with E-state index in [4.69, 9.17) is 4.84 Å². The summed E-state index contributed by atoms with van der Waals surface area (Å²) in [6.07, 6.45) is 2.02. The van der Waals surface area contributed by atoms with Crippen molar-refractivity contribution in [3.63, 3.8) is 0 Å².